The average Bonchev–Trinajstić information content (AvgIpc) is 3.30. The molecule has 1 heterocycles. The molecule has 27 heavy (non-hydrogen) atoms. The lowest BCUT2D eigenvalue weighted by molar-refractivity contribution is -0.160. The number of rotatable bonds is 6. The first kappa shape index (κ1) is 19.8. The minimum absolute atomic E-state index is 0.258. The third-order valence-electron chi connectivity index (χ3n) is 4.89. The monoisotopic (exact) mass is 389 g/mol. The van der Waals surface area contributed by atoms with Gasteiger partial charge in [0.05, 0.1) is 11.7 Å². The number of aryl methyl sites for hydroxylation is 2. The van der Waals surface area contributed by atoms with Crippen molar-refractivity contribution in [2.75, 3.05) is 6.54 Å². The summed E-state index contributed by atoms with van der Waals surface area (Å²) >= 11 is 0.807. The highest BCUT2D eigenvalue weighted by Gasteiger charge is 2.30. The van der Waals surface area contributed by atoms with Crippen molar-refractivity contribution in [3.63, 3.8) is 0 Å². The summed E-state index contributed by atoms with van der Waals surface area (Å²) < 4.78 is 4.89. The summed E-state index contributed by atoms with van der Waals surface area (Å²) in [6.45, 7) is 2.07. The standard InChI is InChI=1S/C20H23NO5S/c1-12(22)27-17(11-18(23)26-20(25)16-6-3-9-21-16)19(24)15-8-7-13-4-2-5-14(13)10-15/h7-8,10,16-17,21H,2-6,9,11H2,1H3/t16-,17?/m0/s1. The lowest BCUT2D eigenvalue weighted by Crippen LogP contribution is -2.35. The fourth-order valence-electron chi connectivity index (χ4n) is 3.56. The number of carbonyl (C=O) groups is 4. The van der Waals surface area contributed by atoms with Crippen LogP contribution in [0, 0.1) is 0 Å². The number of benzene rings is 1. The molecule has 7 heteroatoms. The second-order valence-corrected chi connectivity index (χ2v) is 8.33. The van der Waals surface area contributed by atoms with Gasteiger partial charge >= 0.3 is 11.9 Å². The van der Waals surface area contributed by atoms with Crippen LogP contribution in [0.15, 0.2) is 18.2 Å². The zero-order valence-corrected chi connectivity index (χ0v) is 16.1. The number of fused-ring (bicyclic) bond motifs is 1. The molecule has 2 atom stereocenters. The van der Waals surface area contributed by atoms with Gasteiger partial charge in [0.2, 0.25) is 0 Å². The van der Waals surface area contributed by atoms with Crippen molar-refractivity contribution >= 4 is 34.6 Å². The average molecular weight is 389 g/mol. The number of thioether (sulfide) groups is 1. The number of ether oxygens (including phenoxy) is 1. The Morgan fingerprint density at radius 1 is 1.19 bits per heavy atom. The molecular weight excluding hydrogens is 366 g/mol. The van der Waals surface area contributed by atoms with E-state index in [-0.39, 0.29) is 17.3 Å². The number of esters is 2. The quantitative estimate of drug-likeness (QED) is 0.453. The molecular formula is C20H23NO5S. The molecule has 0 saturated carbocycles. The van der Waals surface area contributed by atoms with Gasteiger partial charge in [0, 0.05) is 12.5 Å². The van der Waals surface area contributed by atoms with Crippen molar-refractivity contribution in [1.82, 2.24) is 5.32 Å². The Bertz CT molecular complexity index is 770. The highest BCUT2D eigenvalue weighted by Crippen LogP contribution is 2.26. The Labute approximate surface area is 162 Å². The van der Waals surface area contributed by atoms with E-state index in [9.17, 15) is 19.2 Å². The van der Waals surface area contributed by atoms with E-state index in [1.165, 1.54) is 12.5 Å². The Balaban J connectivity index is 1.67. The van der Waals surface area contributed by atoms with Gasteiger partial charge in [-0.1, -0.05) is 23.9 Å². The van der Waals surface area contributed by atoms with Crippen LogP contribution in [0.5, 0.6) is 0 Å². The van der Waals surface area contributed by atoms with Gasteiger partial charge in [0.1, 0.15) is 6.04 Å². The number of hydrogen-bond donors (Lipinski definition) is 1. The van der Waals surface area contributed by atoms with Crippen molar-refractivity contribution in [2.24, 2.45) is 0 Å². The summed E-state index contributed by atoms with van der Waals surface area (Å²) in [5, 5.41) is 1.82. The van der Waals surface area contributed by atoms with Gasteiger partial charge in [-0.3, -0.25) is 14.4 Å². The fraction of sp³-hybridized carbons (Fsp3) is 0.500. The Morgan fingerprint density at radius 3 is 2.67 bits per heavy atom. The van der Waals surface area contributed by atoms with Gasteiger partial charge in [-0.2, -0.15) is 0 Å². The molecule has 0 aromatic heterocycles. The van der Waals surface area contributed by atoms with Crippen LogP contribution in [-0.2, 0) is 32.0 Å². The van der Waals surface area contributed by atoms with Crippen molar-refractivity contribution in [2.45, 2.75) is 56.7 Å². The summed E-state index contributed by atoms with van der Waals surface area (Å²) in [6.07, 6.45) is 4.20. The Morgan fingerprint density at radius 2 is 1.96 bits per heavy atom. The van der Waals surface area contributed by atoms with Gasteiger partial charge in [-0.05, 0) is 55.8 Å². The van der Waals surface area contributed by atoms with Crippen molar-refractivity contribution in [1.29, 1.82) is 0 Å². The molecule has 1 aliphatic carbocycles. The topological polar surface area (TPSA) is 89.5 Å². The summed E-state index contributed by atoms with van der Waals surface area (Å²) in [4.78, 5) is 48.6. The molecule has 1 aliphatic heterocycles. The molecule has 144 valence electrons. The van der Waals surface area contributed by atoms with Crippen LogP contribution >= 0.6 is 11.8 Å². The summed E-state index contributed by atoms with van der Waals surface area (Å²) in [5.41, 5.74) is 2.89. The van der Waals surface area contributed by atoms with Gasteiger partial charge in [0.25, 0.3) is 0 Å². The summed E-state index contributed by atoms with van der Waals surface area (Å²) in [5.74, 6) is -1.68. The highest BCUT2D eigenvalue weighted by atomic mass is 32.2. The normalized spacial score (nSPS) is 19.4. The number of Topliss-reactive ketones (excluding diaryl/α,β-unsaturated/α-hetero) is 1. The van der Waals surface area contributed by atoms with E-state index in [2.05, 4.69) is 5.32 Å². The number of carbonyl (C=O) groups excluding carboxylic acids is 4. The van der Waals surface area contributed by atoms with E-state index in [0.717, 1.165) is 43.0 Å². The van der Waals surface area contributed by atoms with Crippen LogP contribution in [0.3, 0.4) is 0 Å². The predicted octanol–water partition coefficient (Wildman–Crippen LogP) is 2.22. The maximum Gasteiger partial charge on any atom is 0.330 e. The first-order chi connectivity index (χ1) is 12.9. The van der Waals surface area contributed by atoms with E-state index in [1.54, 1.807) is 6.07 Å². The van der Waals surface area contributed by atoms with E-state index in [4.69, 9.17) is 4.74 Å². The lowest BCUT2D eigenvalue weighted by Gasteiger charge is -2.15. The lowest BCUT2D eigenvalue weighted by atomic mass is 10.0. The van der Waals surface area contributed by atoms with Gasteiger partial charge in [0.15, 0.2) is 10.9 Å². The SMILES string of the molecule is CC(=O)SC(CC(=O)OC(=O)[C@@H]1CCCN1)C(=O)c1ccc2c(c1)CCC2. The Hall–Kier alpha value is -1.99. The first-order valence-electron chi connectivity index (χ1n) is 9.25. The molecule has 1 fully saturated rings. The minimum atomic E-state index is -0.890. The third kappa shape index (κ3) is 5.05. The van der Waals surface area contributed by atoms with Crippen molar-refractivity contribution < 1.29 is 23.9 Å². The molecule has 1 aromatic carbocycles. The van der Waals surface area contributed by atoms with E-state index >= 15 is 0 Å². The van der Waals surface area contributed by atoms with E-state index in [0.29, 0.717) is 18.5 Å². The molecule has 0 amide bonds. The van der Waals surface area contributed by atoms with Crippen LogP contribution in [0.1, 0.15) is 54.1 Å². The van der Waals surface area contributed by atoms with Gasteiger partial charge in [-0.15, -0.1) is 0 Å². The molecule has 6 nitrogen and oxygen atoms in total. The van der Waals surface area contributed by atoms with E-state index in [1.807, 2.05) is 12.1 Å². The van der Waals surface area contributed by atoms with Crippen molar-refractivity contribution in [3.05, 3.63) is 34.9 Å². The van der Waals surface area contributed by atoms with Crippen molar-refractivity contribution in [3.8, 4) is 0 Å². The number of hydrogen-bond acceptors (Lipinski definition) is 7. The zero-order valence-electron chi connectivity index (χ0n) is 15.3. The second kappa shape index (κ2) is 8.80. The largest absolute Gasteiger partial charge is 0.392 e. The fourth-order valence-corrected chi connectivity index (χ4v) is 4.42. The Kier molecular flexibility index (Phi) is 6.44. The van der Waals surface area contributed by atoms with Crippen LogP contribution in [0.2, 0.25) is 0 Å². The zero-order chi connectivity index (χ0) is 19.4. The maximum atomic E-state index is 12.9. The van der Waals surface area contributed by atoms with E-state index < -0.39 is 23.2 Å². The molecule has 1 aromatic rings. The van der Waals surface area contributed by atoms with Crippen LogP contribution in [-0.4, -0.2) is 40.7 Å². The minimum Gasteiger partial charge on any atom is -0.392 e. The van der Waals surface area contributed by atoms with Gasteiger partial charge in [-0.25, -0.2) is 4.79 Å². The molecule has 1 unspecified atom stereocenters. The molecule has 3 rings (SSSR count). The highest BCUT2D eigenvalue weighted by molar-refractivity contribution is 8.14. The second-order valence-electron chi connectivity index (χ2n) is 6.95. The van der Waals surface area contributed by atoms with Crippen LogP contribution in [0.4, 0.5) is 0 Å². The smallest absolute Gasteiger partial charge is 0.330 e. The molecule has 0 spiro atoms. The predicted molar refractivity (Wildman–Crippen MR) is 102 cm³/mol. The summed E-state index contributed by atoms with van der Waals surface area (Å²) in [7, 11) is 0. The molecule has 1 N–H and O–H groups in total. The maximum absolute atomic E-state index is 12.9. The summed E-state index contributed by atoms with van der Waals surface area (Å²) in [6, 6.07) is 5.08. The molecule has 0 bridgehead atoms. The van der Waals surface area contributed by atoms with Crippen LogP contribution < -0.4 is 5.32 Å². The molecule has 1 saturated heterocycles. The molecule has 0 radical (unpaired) electrons. The van der Waals surface area contributed by atoms with Crippen LogP contribution in [0.25, 0.3) is 0 Å². The number of nitrogens with one attached hydrogen (secondary N) is 1. The van der Waals surface area contributed by atoms with Gasteiger partial charge < -0.3 is 10.1 Å². The molecule has 2 aliphatic rings. The first-order valence-corrected chi connectivity index (χ1v) is 10.1. The third-order valence-corrected chi connectivity index (χ3v) is 5.89. The number of ketones is 1.